The Labute approximate surface area is 105 Å². The molecule has 7 heteroatoms. The van der Waals surface area contributed by atoms with E-state index in [1.54, 1.807) is 24.9 Å². The lowest BCUT2D eigenvalue weighted by atomic mass is 10.2. The van der Waals surface area contributed by atoms with Crippen LogP contribution in [0.3, 0.4) is 0 Å². The monoisotopic (exact) mass is 258 g/mol. The van der Waals surface area contributed by atoms with Crippen LogP contribution in [0.1, 0.15) is 6.92 Å². The summed E-state index contributed by atoms with van der Waals surface area (Å²) in [5.74, 6) is 0.133. The van der Waals surface area contributed by atoms with E-state index in [1.807, 2.05) is 0 Å². The first kappa shape index (κ1) is 13.5. The fraction of sp³-hybridized carbons (Fsp3) is 0.500. The van der Waals surface area contributed by atoms with Gasteiger partial charge in [0.25, 0.3) is 0 Å². The predicted molar refractivity (Wildman–Crippen MR) is 65.9 cm³/mol. The molecule has 1 atom stereocenters. The molecular formula is C10H15ClN4O2. The van der Waals surface area contributed by atoms with Gasteiger partial charge in [0.05, 0.1) is 13.0 Å². The van der Waals surface area contributed by atoms with Crippen LogP contribution >= 0.6 is 11.6 Å². The predicted octanol–water partition coefficient (Wildman–Crippen LogP) is 0.957. The average Bonchev–Trinajstić information content (AvgIpc) is 2.26. The molecule has 1 aromatic rings. The van der Waals surface area contributed by atoms with Gasteiger partial charge in [0.2, 0.25) is 5.95 Å². The molecule has 17 heavy (non-hydrogen) atoms. The van der Waals surface area contributed by atoms with Gasteiger partial charge in [-0.05, 0) is 0 Å². The number of halogens is 1. The Kier molecular flexibility index (Phi) is 4.51. The van der Waals surface area contributed by atoms with Gasteiger partial charge in [-0.3, -0.25) is 4.79 Å². The summed E-state index contributed by atoms with van der Waals surface area (Å²) in [5, 5.41) is 0.269. The normalized spacial score (nSPS) is 12.0. The number of methoxy groups -OCH3 is 1. The molecule has 0 aromatic carbocycles. The molecule has 0 spiro atoms. The molecule has 0 aliphatic carbocycles. The number of aromatic nitrogens is 2. The van der Waals surface area contributed by atoms with E-state index >= 15 is 0 Å². The van der Waals surface area contributed by atoms with Gasteiger partial charge in [-0.2, -0.15) is 4.98 Å². The molecule has 0 bridgehead atoms. The number of anilines is 2. The van der Waals surface area contributed by atoms with Gasteiger partial charge in [-0.25, -0.2) is 4.98 Å². The Balaban J connectivity index is 2.75. The molecule has 1 aromatic heterocycles. The highest BCUT2D eigenvalue weighted by atomic mass is 35.5. The first-order valence-electron chi connectivity index (χ1n) is 5.03. The molecule has 0 saturated heterocycles. The number of nitrogens with zero attached hydrogens (tertiary/aromatic N) is 3. The zero-order valence-electron chi connectivity index (χ0n) is 9.98. The van der Waals surface area contributed by atoms with Crippen molar-refractivity contribution in [2.75, 3.05) is 31.3 Å². The molecule has 0 saturated carbocycles. The van der Waals surface area contributed by atoms with Crippen molar-refractivity contribution in [1.29, 1.82) is 0 Å². The Morgan fingerprint density at radius 1 is 1.65 bits per heavy atom. The van der Waals surface area contributed by atoms with Crippen molar-refractivity contribution in [3.05, 3.63) is 11.2 Å². The second-order valence-electron chi connectivity index (χ2n) is 3.71. The van der Waals surface area contributed by atoms with Crippen molar-refractivity contribution in [3.8, 4) is 0 Å². The summed E-state index contributed by atoms with van der Waals surface area (Å²) in [4.78, 5) is 20.8. The van der Waals surface area contributed by atoms with Crippen LogP contribution in [-0.4, -0.2) is 36.6 Å². The van der Waals surface area contributed by atoms with Crippen LogP contribution in [0.25, 0.3) is 0 Å². The fourth-order valence-electron chi connectivity index (χ4n) is 1.40. The van der Waals surface area contributed by atoms with Crippen LogP contribution in [0.15, 0.2) is 6.07 Å². The van der Waals surface area contributed by atoms with Crippen LogP contribution in [-0.2, 0) is 9.53 Å². The van der Waals surface area contributed by atoms with E-state index in [0.29, 0.717) is 12.4 Å². The summed E-state index contributed by atoms with van der Waals surface area (Å²) < 4.78 is 4.65. The van der Waals surface area contributed by atoms with Gasteiger partial charge in [0.15, 0.2) is 0 Å². The second kappa shape index (κ2) is 5.67. The van der Waals surface area contributed by atoms with Gasteiger partial charge in [0, 0.05) is 19.7 Å². The number of ether oxygens (including phenoxy) is 1. The summed E-state index contributed by atoms with van der Waals surface area (Å²) in [6.45, 7) is 2.23. The molecule has 2 N–H and O–H groups in total. The van der Waals surface area contributed by atoms with Crippen molar-refractivity contribution in [2.24, 2.45) is 5.92 Å². The topological polar surface area (TPSA) is 81.3 Å². The Bertz CT molecular complexity index is 393. The number of rotatable bonds is 4. The van der Waals surface area contributed by atoms with Gasteiger partial charge in [0.1, 0.15) is 11.0 Å². The molecule has 94 valence electrons. The number of hydrogen-bond donors (Lipinski definition) is 1. The maximum atomic E-state index is 11.3. The lowest BCUT2D eigenvalue weighted by molar-refractivity contribution is -0.144. The minimum Gasteiger partial charge on any atom is -0.469 e. The molecule has 1 unspecified atom stereocenters. The third-order valence-corrected chi connectivity index (χ3v) is 2.43. The smallest absolute Gasteiger partial charge is 0.310 e. The zero-order valence-corrected chi connectivity index (χ0v) is 10.7. The molecular weight excluding hydrogens is 244 g/mol. The van der Waals surface area contributed by atoms with Crippen molar-refractivity contribution in [3.63, 3.8) is 0 Å². The summed E-state index contributed by atoms with van der Waals surface area (Å²) >= 11 is 5.77. The van der Waals surface area contributed by atoms with E-state index in [9.17, 15) is 4.79 Å². The van der Waals surface area contributed by atoms with Gasteiger partial charge >= 0.3 is 5.97 Å². The summed E-state index contributed by atoms with van der Waals surface area (Å²) in [6.07, 6.45) is 0. The van der Waals surface area contributed by atoms with Gasteiger partial charge < -0.3 is 15.4 Å². The van der Waals surface area contributed by atoms with Gasteiger partial charge in [-0.1, -0.05) is 18.5 Å². The Hall–Kier alpha value is -1.56. The van der Waals surface area contributed by atoms with Crippen molar-refractivity contribution >= 4 is 29.3 Å². The van der Waals surface area contributed by atoms with Crippen molar-refractivity contribution < 1.29 is 9.53 Å². The van der Waals surface area contributed by atoms with Crippen LogP contribution in [0.2, 0.25) is 5.15 Å². The third kappa shape index (κ3) is 3.74. The number of hydrogen-bond acceptors (Lipinski definition) is 6. The first-order chi connectivity index (χ1) is 7.93. The van der Waals surface area contributed by atoms with Crippen LogP contribution in [0.4, 0.5) is 11.8 Å². The van der Waals surface area contributed by atoms with Crippen LogP contribution in [0.5, 0.6) is 0 Å². The summed E-state index contributed by atoms with van der Waals surface area (Å²) in [7, 11) is 3.15. The van der Waals surface area contributed by atoms with Crippen LogP contribution in [0, 0.1) is 5.92 Å². The summed E-state index contributed by atoms with van der Waals surface area (Å²) in [5.41, 5.74) is 5.49. The number of nitrogen functional groups attached to an aromatic ring is 1. The molecule has 0 amide bonds. The van der Waals surface area contributed by atoms with E-state index in [-0.39, 0.29) is 23.0 Å². The highest BCUT2D eigenvalue weighted by Gasteiger charge is 2.16. The molecule has 0 aliphatic rings. The lowest BCUT2D eigenvalue weighted by Crippen LogP contribution is -2.30. The first-order valence-corrected chi connectivity index (χ1v) is 5.41. The standard InChI is InChI=1S/C10H15ClN4O2/c1-6(9(16)17-3)5-15(2)8-4-7(11)13-10(12)14-8/h4,6H,5H2,1-3H3,(H2,12,13,14). The molecule has 0 radical (unpaired) electrons. The summed E-state index contributed by atoms with van der Waals surface area (Å²) in [6, 6.07) is 1.59. The average molecular weight is 259 g/mol. The maximum absolute atomic E-state index is 11.3. The Morgan fingerprint density at radius 2 is 2.29 bits per heavy atom. The van der Waals surface area contributed by atoms with E-state index in [4.69, 9.17) is 17.3 Å². The minimum absolute atomic E-state index is 0.102. The highest BCUT2D eigenvalue weighted by molar-refractivity contribution is 6.29. The van der Waals surface area contributed by atoms with Crippen molar-refractivity contribution in [1.82, 2.24) is 9.97 Å². The van der Waals surface area contributed by atoms with E-state index in [1.165, 1.54) is 7.11 Å². The highest BCUT2D eigenvalue weighted by Crippen LogP contribution is 2.17. The zero-order chi connectivity index (χ0) is 13.0. The molecule has 6 nitrogen and oxygen atoms in total. The van der Waals surface area contributed by atoms with Crippen molar-refractivity contribution in [2.45, 2.75) is 6.92 Å². The number of carbonyl (C=O) groups excluding carboxylic acids is 1. The maximum Gasteiger partial charge on any atom is 0.310 e. The van der Waals surface area contributed by atoms with Gasteiger partial charge in [-0.15, -0.1) is 0 Å². The second-order valence-corrected chi connectivity index (χ2v) is 4.10. The SMILES string of the molecule is COC(=O)C(C)CN(C)c1cc(Cl)nc(N)n1. The third-order valence-electron chi connectivity index (χ3n) is 2.24. The minimum atomic E-state index is -0.273. The van der Waals surface area contributed by atoms with E-state index in [0.717, 1.165) is 0 Å². The molecule has 0 fully saturated rings. The Morgan fingerprint density at radius 3 is 2.82 bits per heavy atom. The van der Waals surface area contributed by atoms with Crippen LogP contribution < -0.4 is 10.6 Å². The van der Waals surface area contributed by atoms with E-state index < -0.39 is 0 Å². The lowest BCUT2D eigenvalue weighted by Gasteiger charge is -2.21. The van der Waals surface area contributed by atoms with E-state index in [2.05, 4.69) is 14.7 Å². The number of carbonyl (C=O) groups is 1. The molecule has 1 rings (SSSR count). The largest absolute Gasteiger partial charge is 0.469 e. The quantitative estimate of drug-likeness (QED) is 0.640. The number of esters is 1. The molecule has 0 aliphatic heterocycles. The number of nitrogens with two attached hydrogens (primary N) is 1. The molecule has 1 heterocycles. The fourth-order valence-corrected chi connectivity index (χ4v) is 1.58.